The Balaban J connectivity index is 1.78. The fraction of sp³-hybridized carbons (Fsp3) is 0.318. The molecule has 27 heavy (non-hydrogen) atoms. The molecule has 5 heteroatoms. The number of rotatable bonds is 6. The molecule has 0 unspecified atom stereocenters. The Bertz CT molecular complexity index is 1070. The van der Waals surface area contributed by atoms with E-state index in [9.17, 15) is 0 Å². The zero-order valence-corrected chi connectivity index (χ0v) is 16.8. The van der Waals surface area contributed by atoms with Crippen molar-refractivity contribution in [3.05, 3.63) is 59.7 Å². The molecular weight excluding hydrogens is 352 g/mol. The molecule has 4 nitrogen and oxygen atoms in total. The second kappa shape index (κ2) is 7.69. The Labute approximate surface area is 164 Å². The maximum absolute atomic E-state index is 4.88. The Morgan fingerprint density at radius 1 is 1.04 bits per heavy atom. The summed E-state index contributed by atoms with van der Waals surface area (Å²) in [7, 11) is 0. The van der Waals surface area contributed by atoms with Crippen molar-refractivity contribution in [3.63, 3.8) is 0 Å². The zero-order valence-electron chi connectivity index (χ0n) is 16.0. The van der Waals surface area contributed by atoms with Crippen molar-refractivity contribution < 1.29 is 0 Å². The molecule has 0 fully saturated rings. The van der Waals surface area contributed by atoms with Crippen LogP contribution in [0.1, 0.15) is 25.0 Å². The van der Waals surface area contributed by atoms with Gasteiger partial charge in [-0.1, -0.05) is 67.6 Å². The van der Waals surface area contributed by atoms with Crippen LogP contribution in [0.3, 0.4) is 0 Å². The zero-order chi connectivity index (χ0) is 18.8. The monoisotopic (exact) mass is 376 g/mol. The van der Waals surface area contributed by atoms with Crippen LogP contribution in [0.25, 0.3) is 22.1 Å². The third-order valence-electron chi connectivity index (χ3n) is 4.62. The largest absolute Gasteiger partial charge is 0.323 e. The van der Waals surface area contributed by atoms with Crippen LogP contribution >= 0.6 is 11.8 Å². The quantitative estimate of drug-likeness (QED) is 0.430. The molecule has 0 N–H and O–H groups in total. The van der Waals surface area contributed by atoms with E-state index in [1.54, 1.807) is 11.8 Å². The molecule has 0 aliphatic heterocycles. The van der Waals surface area contributed by atoms with Gasteiger partial charge in [-0.15, -0.1) is 10.2 Å². The lowest BCUT2D eigenvalue weighted by Gasteiger charge is -2.08. The molecule has 0 aliphatic carbocycles. The lowest BCUT2D eigenvalue weighted by atomic mass is 10.1. The fourth-order valence-electron chi connectivity index (χ4n) is 3.27. The smallest absolute Gasteiger partial charge is 0.211 e. The summed E-state index contributed by atoms with van der Waals surface area (Å²) < 4.78 is 2.30. The van der Waals surface area contributed by atoms with E-state index in [4.69, 9.17) is 4.98 Å². The maximum atomic E-state index is 4.88. The number of nitrogens with zero attached hydrogens (tertiary/aromatic N) is 4. The van der Waals surface area contributed by atoms with E-state index in [1.165, 1.54) is 16.6 Å². The van der Waals surface area contributed by atoms with Gasteiger partial charge in [-0.2, -0.15) is 0 Å². The molecule has 2 aromatic carbocycles. The first-order valence-corrected chi connectivity index (χ1v) is 10.4. The molecule has 0 atom stereocenters. The summed E-state index contributed by atoms with van der Waals surface area (Å²) in [5.41, 5.74) is 5.57. The predicted molar refractivity (Wildman–Crippen MR) is 113 cm³/mol. The van der Waals surface area contributed by atoms with Gasteiger partial charge in [0.15, 0.2) is 5.65 Å². The second-order valence-electron chi connectivity index (χ2n) is 7.38. The molecule has 0 spiro atoms. The normalized spacial score (nSPS) is 11.7. The molecule has 0 bridgehead atoms. The van der Waals surface area contributed by atoms with E-state index in [1.807, 2.05) is 0 Å². The molecule has 0 radical (unpaired) electrons. The molecule has 2 heterocycles. The minimum Gasteiger partial charge on any atom is -0.323 e. The number of aromatic nitrogens is 4. The van der Waals surface area contributed by atoms with Crippen molar-refractivity contribution in [3.8, 4) is 0 Å². The van der Waals surface area contributed by atoms with Gasteiger partial charge in [0.1, 0.15) is 5.52 Å². The van der Waals surface area contributed by atoms with Crippen LogP contribution in [-0.2, 0) is 13.0 Å². The Hall–Kier alpha value is -2.40. The molecule has 4 rings (SSSR count). The minimum atomic E-state index is 0.598. The summed E-state index contributed by atoms with van der Waals surface area (Å²) in [4.78, 5) is 4.88. The maximum Gasteiger partial charge on any atom is 0.211 e. The average Bonchev–Trinajstić information content (AvgIpc) is 2.98. The van der Waals surface area contributed by atoms with Gasteiger partial charge in [0, 0.05) is 17.7 Å². The summed E-state index contributed by atoms with van der Waals surface area (Å²) in [6.07, 6.45) is 0.964. The summed E-state index contributed by atoms with van der Waals surface area (Å²) in [6.45, 7) is 7.40. The van der Waals surface area contributed by atoms with Gasteiger partial charge >= 0.3 is 0 Å². The van der Waals surface area contributed by atoms with Crippen molar-refractivity contribution in [2.45, 2.75) is 38.9 Å². The van der Waals surface area contributed by atoms with Crippen LogP contribution in [0, 0.1) is 12.8 Å². The molecular formula is C22H24N4S. The first-order chi connectivity index (χ1) is 13.1. The van der Waals surface area contributed by atoms with Crippen molar-refractivity contribution in [2.75, 3.05) is 5.75 Å². The third-order valence-corrected chi connectivity index (χ3v) is 5.88. The lowest BCUT2D eigenvalue weighted by molar-refractivity contribution is 0.724. The number of aryl methyl sites for hydroxylation is 3. The molecule has 138 valence electrons. The molecule has 4 aromatic rings. The van der Waals surface area contributed by atoms with Gasteiger partial charge < -0.3 is 4.57 Å². The average molecular weight is 377 g/mol. The van der Waals surface area contributed by atoms with E-state index < -0.39 is 0 Å². The van der Waals surface area contributed by atoms with Crippen molar-refractivity contribution in [1.82, 2.24) is 19.7 Å². The van der Waals surface area contributed by atoms with E-state index in [2.05, 4.69) is 84.1 Å². The molecule has 0 saturated heterocycles. The van der Waals surface area contributed by atoms with Crippen molar-refractivity contribution in [2.24, 2.45) is 5.92 Å². The predicted octanol–water partition coefficient (Wildman–Crippen LogP) is 5.28. The van der Waals surface area contributed by atoms with Gasteiger partial charge in [-0.05, 0) is 37.0 Å². The van der Waals surface area contributed by atoms with Gasteiger partial charge in [0.2, 0.25) is 5.16 Å². The highest BCUT2D eigenvalue weighted by molar-refractivity contribution is 7.99. The Kier molecular flexibility index (Phi) is 5.12. The molecule has 0 aliphatic rings. The number of benzene rings is 2. The Morgan fingerprint density at radius 2 is 1.85 bits per heavy atom. The van der Waals surface area contributed by atoms with Gasteiger partial charge in [-0.3, -0.25) is 0 Å². The van der Waals surface area contributed by atoms with Gasteiger partial charge in [0.25, 0.3) is 0 Å². The SMILES string of the molecule is Cc1ccc2c(c1)c1nnc(SCC(C)C)nc1n2CCc1ccccc1. The number of fused-ring (bicyclic) bond motifs is 3. The first kappa shape index (κ1) is 18.0. The summed E-state index contributed by atoms with van der Waals surface area (Å²) >= 11 is 1.68. The van der Waals surface area contributed by atoms with Crippen LogP contribution in [0.2, 0.25) is 0 Å². The number of hydrogen-bond acceptors (Lipinski definition) is 4. The number of hydrogen-bond donors (Lipinski definition) is 0. The fourth-order valence-corrected chi connectivity index (χ4v) is 4.00. The highest BCUT2D eigenvalue weighted by Crippen LogP contribution is 2.28. The standard InChI is InChI=1S/C22H24N4S/c1-15(2)14-27-22-23-21-20(24-25-22)18-13-16(3)9-10-19(18)26(21)12-11-17-7-5-4-6-8-17/h4-10,13,15H,11-12,14H2,1-3H3. The van der Waals surface area contributed by atoms with Crippen LogP contribution in [0.15, 0.2) is 53.7 Å². The van der Waals surface area contributed by atoms with E-state index in [-0.39, 0.29) is 0 Å². The van der Waals surface area contributed by atoms with Crippen LogP contribution in [-0.4, -0.2) is 25.5 Å². The third kappa shape index (κ3) is 3.83. The molecule has 0 saturated carbocycles. The van der Waals surface area contributed by atoms with Crippen LogP contribution in [0.5, 0.6) is 0 Å². The Morgan fingerprint density at radius 3 is 2.63 bits per heavy atom. The first-order valence-electron chi connectivity index (χ1n) is 9.42. The molecule has 2 aromatic heterocycles. The van der Waals surface area contributed by atoms with E-state index in [0.717, 1.165) is 40.4 Å². The topological polar surface area (TPSA) is 43.6 Å². The highest BCUT2D eigenvalue weighted by Gasteiger charge is 2.15. The van der Waals surface area contributed by atoms with Crippen molar-refractivity contribution in [1.29, 1.82) is 0 Å². The van der Waals surface area contributed by atoms with Gasteiger partial charge in [-0.25, -0.2) is 4.98 Å². The van der Waals surface area contributed by atoms with Crippen LogP contribution < -0.4 is 0 Å². The summed E-state index contributed by atoms with van der Waals surface area (Å²) in [6, 6.07) is 17.1. The lowest BCUT2D eigenvalue weighted by Crippen LogP contribution is -2.04. The minimum absolute atomic E-state index is 0.598. The van der Waals surface area contributed by atoms with E-state index in [0.29, 0.717) is 5.92 Å². The highest BCUT2D eigenvalue weighted by atomic mass is 32.2. The summed E-state index contributed by atoms with van der Waals surface area (Å²) in [5, 5.41) is 10.8. The molecule has 0 amide bonds. The summed E-state index contributed by atoms with van der Waals surface area (Å²) in [5.74, 6) is 1.59. The van der Waals surface area contributed by atoms with Crippen LogP contribution in [0.4, 0.5) is 0 Å². The second-order valence-corrected chi connectivity index (χ2v) is 8.37. The van der Waals surface area contributed by atoms with Crippen molar-refractivity contribution >= 4 is 33.8 Å². The van der Waals surface area contributed by atoms with Gasteiger partial charge in [0.05, 0.1) is 5.52 Å². The van der Waals surface area contributed by atoms with E-state index >= 15 is 0 Å². The number of thioether (sulfide) groups is 1.